The van der Waals surface area contributed by atoms with Crippen LogP contribution in [0.2, 0.25) is 0 Å². The van der Waals surface area contributed by atoms with Gasteiger partial charge in [0.1, 0.15) is 11.5 Å². The van der Waals surface area contributed by atoms with Gasteiger partial charge in [0, 0.05) is 45.2 Å². The Labute approximate surface area is 374 Å². The van der Waals surface area contributed by atoms with Crippen LogP contribution in [-0.2, 0) is 5.41 Å². The maximum Gasteiger partial charge on any atom is 0.138 e. The van der Waals surface area contributed by atoms with Crippen LogP contribution in [0.5, 0.6) is 11.5 Å². The lowest BCUT2D eigenvalue weighted by molar-refractivity contribution is 0.487. The molecule has 0 aromatic heterocycles. The highest BCUT2D eigenvalue weighted by atomic mass is 16.5. The minimum atomic E-state index is -0.147. The number of nitrogens with zero attached hydrogens (tertiary/aromatic N) is 2. The predicted octanol–water partition coefficient (Wildman–Crippen LogP) is 17.2. The molecule has 0 N–H and O–H groups in total. The first-order chi connectivity index (χ1) is 31.5. The lowest BCUT2D eigenvalue weighted by Gasteiger charge is -2.32. The molecule has 3 nitrogen and oxygen atoms in total. The second-order valence-corrected chi connectivity index (χ2v) is 17.3. The molecular formula is C61H44N2O. The highest BCUT2D eigenvalue weighted by Gasteiger charge is 2.36. The summed E-state index contributed by atoms with van der Waals surface area (Å²) in [7, 11) is 0. The maximum atomic E-state index is 7.09. The van der Waals surface area contributed by atoms with E-state index in [4.69, 9.17) is 4.74 Å². The molecule has 1 heterocycles. The molecule has 1 aliphatic carbocycles. The summed E-state index contributed by atoms with van der Waals surface area (Å²) in [6.45, 7) is 4.70. The van der Waals surface area contributed by atoms with Crippen molar-refractivity contribution >= 4 is 44.9 Å². The molecule has 0 radical (unpaired) electrons. The van der Waals surface area contributed by atoms with Gasteiger partial charge >= 0.3 is 0 Å². The SMILES string of the molecule is CC1(C)c2ccccc2-c2ccc(N(c3ccc(-c4ccc(-c5ccccc5)cc4)cc3)c3cc4c5c(cccc5c3)-c3c(cccc3N(c3ccccc3)c3ccccc3)O4)cc21. The van der Waals surface area contributed by atoms with E-state index in [-0.39, 0.29) is 5.41 Å². The molecule has 0 bridgehead atoms. The van der Waals surface area contributed by atoms with Crippen molar-refractivity contribution in [2.75, 3.05) is 9.80 Å². The summed E-state index contributed by atoms with van der Waals surface area (Å²) in [5.41, 5.74) is 18.6. The van der Waals surface area contributed by atoms with Crippen molar-refractivity contribution in [2.45, 2.75) is 19.3 Å². The Morgan fingerprint density at radius 2 is 0.875 bits per heavy atom. The number of hydrogen-bond acceptors (Lipinski definition) is 3. The maximum absolute atomic E-state index is 7.09. The van der Waals surface area contributed by atoms with Crippen molar-refractivity contribution in [3.05, 3.63) is 242 Å². The Kier molecular flexibility index (Phi) is 8.84. The molecule has 10 aromatic carbocycles. The Morgan fingerprint density at radius 3 is 1.56 bits per heavy atom. The quantitative estimate of drug-likeness (QED) is 0.152. The van der Waals surface area contributed by atoms with E-state index in [1.165, 1.54) is 44.5 Å². The third-order valence-electron chi connectivity index (χ3n) is 13.2. The van der Waals surface area contributed by atoms with Crippen LogP contribution in [0.4, 0.5) is 34.1 Å². The summed E-state index contributed by atoms with van der Waals surface area (Å²) < 4.78 is 7.09. The van der Waals surface area contributed by atoms with Crippen LogP contribution < -0.4 is 14.5 Å². The first-order valence-corrected chi connectivity index (χ1v) is 22.1. The van der Waals surface area contributed by atoms with Gasteiger partial charge in [0.05, 0.1) is 11.4 Å². The van der Waals surface area contributed by atoms with Gasteiger partial charge in [-0.25, -0.2) is 0 Å². The first kappa shape index (κ1) is 37.6. The molecule has 0 spiro atoms. The van der Waals surface area contributed by atoms with E-state index >= 15 is 0 Å². The van der Waals surface area contributed by atoms with Gasteiger partial charge in [0.2, 0.25) is 0 Å². The van der Waals surface area contributed by atoms with Gasteiger partial charge in [0.25, 0.3) is 0 Å². The van der Waals surface area contributed by atoms with Gasteiger partial charge in [-0.05, 0) is 122 Å². The Morgan fingerprint density at radius 1 is 0.344 bits per heavy atom. The molecule has 64 heavy (non-hydrogen) atoms. The number of ether oxygens (including phenoxy) is 1. The lowest BCUT2D eigenvalue weighted by atomic mass is 9.82. The molecular weight excluding hydrogens is 777 g/mol. The van der Waals surface area contributed by atoms with Crippen molar-refractivity contribution in [1.29, 1.82) is 0 Å². The molecule has 3 heteroatoms. The van der Waals surface area contributed by atoms with Crippen LogP contribution in [0, 0.1) is 0 Å². The van der Waals surface area contributed by atoms with Gasteiger partial charge in [-0.2, -0.15) is 0 Å². The van der Waals surface area contributed by atoms with E-state index in [1.54, 1.807) is 0 Å². The highest BCUT2D eigenvalue weighted by molar-refractivity contribution is 6.09. The van der Waals surface area contributed by atoms with Crippen molar-refractivity contribution in [3.63, 3.8) is 0 Å². The van der Waals surface area contributed by atoms with Crippen molar-refractivity contribution < 1.29 is 4.74 Å². The van der Waals surface area contributed by atoms with Crippen molar-refractivity contribution in [3.8, 4) is 56.0 Å². The van der Waals surface area contributed by atoms with E-state index in [2.05, 4.69) is 254 Å². The summed E-state index contributed by atoms with van der Waals surface area (Å²) in [6, 6.07) is 83.1. The van der Waals surface area contributed by atoms with Crippen LogP contribution in [0.3, 0.4) is 0 Å². The van der Waals surface area contributed by atoms with E-state index in [9.17, 15) is 0 Å². The second-order valence-electron chi connectivity index (χ2n) is 17.3. The monoisotopic (exact) mass is 820 g/mol. The highest BCUT2D eigenvalue weighted by Crippen LogP contribution is 2.55. The molecule has 0 fully saturated rings. The third-order valence-corrected chi connectivity index (χ3v) is 13.2. The zero-order valence-corrected chi connectivity index (χ0v) is 35.7. The zero-order chi connectivity index (χ0) is 42.8. The number of hydrogen-bond donors (Lipinski definition) is 0. The van der Waals surface area contributed by atoms with Crippen molar-refractivity contribution in [1.82, 2.24) is 0 Å². The fourth-order valence-electron chi connectivity index (χ4n) is 10.1. The average molecular weight is 821 g/mol. The molecule has 0 atom stereocenters. The van der Waals surface area contributed by atoms with E-state index in [0.29, 0.717) is 0 Å². The smallest absolute Gasteiger partial charge is 0.138 e. The van der Waals surface area contributed by atoms with Gasteiger partial charge < -0.3 is 14.5 Å². The second kappa shape index (κ2) is 15.0. The number of para-hydroxylation sites is 2. The molecule has 0 amide bonds. The van der Waals surface area contributed by atoms with Crippen LogP contribution in [0.25, 0.3) is 55.3 Å². The van der Waals surface area contributed by atoms with Gasteiger partial charge in [-0.15, -0.1) is 0 Å². The van der Waals surface area contributed by atoms with Crippen LogP contribution in [0.15, 0.2) is 231 Å². The zero-order valence-electron chi connectivity index (χ0n) is 35.7. The molecule has 2 aliphatic rings. The molecule has 1 aliphatic heterocycles. The molecule has 0 saturated carbocycles. The fourth-order valence-corrected chi connectivity index (χ4v) is 10.1. The topological polar surface area (TPSA) is 15.7 Å². The first-order valence-electron chi connectivity index (χ1n) is 22.1. The van der Waals surface area contributed by atoms with Crippen LogP contribution in [-0.4, -0.2) is 0 Å². The largest absolute Gasteiger partial charge is 0.456 e. The number of benzene rings is 10. The lowest BCUT2D eigenvalue weighted by Crippen LogP contribution is -2.16. The Bertz CT molecular complexity index is 3320. The van der Waals surface area contributed by atoms with Gasteiger partial charge in [-0.1, -0.05) is 172 Å². The number of fused-ring (bicyclic) bond motifs is 5. The fraction of sp³-hybridized carbons (Fsp3) is 0.0492. The van der Waals surface area contributed by atoms with Crippen molar-refractivity contribution in [2.24, 2.45) is 0 Å². The summed E-state index contributed by atoms with van der Waals surface area (Å²) >= 11 is 0. The van der Waals surface area contributed by atoms with Gasteiger partial charge in [0.15, 0.2) is 0 Å². The van der Waals surface area contributed by atoms with Crippen LogP contribution in [0.1, 0.15) is 25.0 Å². The normalized spacial score (nSPS) is 12.8. The van der Waals surface area contributed by atoms with E-state index in [0.717, 1.165) is 67.5 Å². The Hall–Kier alpha value is -8.14. The summed E-state index contributed by atoms with van der Waals surface area (Å²) in [5, 5.41) is 2.22. The van der Waals surface area contributed by atoms with Crippen LogP contribution >= 0.6 is 0 Å². The molecule has 0 saturated heterocycles. The average Bonchev–Trinajstić information content (AvgIpc) is 3.58. The molecule has 10 aromatic rings. The predicted molar refractivity (Wildman–Crippen MR) is 267 cm³/mol. The summed E-state index contributed by atoms with van der Waals surface area (Å²) in [6.07, 6.45) is 0. The van der Waals surface area contributed by atoms with Gasteiger partial charge in [-0.3, -0.25) is 0 Å². The standard InChI is InChI=1S/C61H44N2O/c1-61(2)54-25-13-12-23-51(54)52-37-36-49(39-55(52)61)62(48-34-32-44(33-35-48)43-30-28-42(29-31-43)41-16-6-3-7-17-41)50-38-45-18-14-24-53-59(45)58(40-50)64-57-27-15-26-56(60(53)57)63(46-19-8-4-9-20-46)47-21-10-5-11-22-47/h3-40H,1-2H3. The third kappa shape index (κ3) is 6.20. The van der Waals surface area contributed by atoms with E-state index < -0.39 is 0 Å². The molecule has 304 valence electrons. The minimum absolute atomic E-state index is 0.147. The van der Waals surface area contributed by atoms with E-state index in [1.807, 2.05) is 0 Å². The minimum Gasteiger partial charge on any atom is -0.456 e. The number of anilines is 6. The molecule has 0 unspecified atom stereocenters. The summed E-state index contributed by atoms with van der Waals surface area (Å²) in [5.74, 6) is 1.67. The Balaban J connectivity index is 0.996. The number of rotatable bonds is 8. The summed E-state index contributed by atoms with van der Waals surface area (Å²) in [4.78, 5) is 4.73. The molecule has 12 rings (SSSR count).